The van der Waals surface area contributed by atoms with Gasteiger partial charge >= 0.3 is 5.97 Å². The fourth-order valence-corrected chi connectivity index (χ4v) is 1.31. The van der Waals surface area contributed by atoms with Crippen molar-refractivity contribution in [3.8, 4) is 0 Å². The van der Waals surface area contributed by atoms with Gasteiger partial charge in [-0.3, -0.25) is 0 Å². The number of anilines is 1. The highest BCUT2D eigenvalue weighted by atomic mass is 16.5. The van der Waals surface area contributed by atoms with Crippen molar-refractivity contribution in [3.05, 3.63) is 29.8 Å². The van der Waals surface area contributed by atoms with Crippen LogP contribution in [0.25, 0.3) is 0 Å². The third-order valence-corrected chi connectivity index (χ3v) is 2.05. The van der Waals surface area contributed by atoms with Crippen LogP contribution in [0, 0.1) is 0 Å². The highest BCUT2D eigenvalue weighted by molar-refractivity contribution is 5.88. The van der Waals surface area contributed by atoms with Crippen molar-refractivity contribution in [3.63, 3.8) is 0 Å². The SMILES string of the molecule is COCN(COC)c1ccc(C(=O)O)cc1. The van der Waals surface area contributed by atoms with Gasteiger partial charge in [-0.25, -0.2) is 4.79 Å². The molecule has 0 aliphatic heterocycles. The average molecular weight is 225 g/mol. The normalized spacial score (nSPS) is 10.1. The summed E-state index contributed by atoms with van der Waals surface area (Å²) in [7, 11) is 3.18. The molecule has 0 saturated heterocycles. The maximum absolute atomic E-state index is 10.7. The van der Waals surface area contributed by atoms with E-state index in [1.165, 1.54) is 0 Å². The minimum Gasteiger partial charge on any atom is -0.478 e. The van der Waals surface area contributed by atoms with Crippen molar-refractivity contribution in [2.75, 3.05) is 32.6 Å². The fraction of sp³-hybridized carbons (Fsp3) is 0.364. The number of hydrogen-bond acceptors (Lipinski definition) is 4. The molecule has 0 aliphatic rings. The highest BCUT2D eigenvalue weighted by Crippen LogP contribution is 2.15. The Balaban J connectivity index is 2.80. The molecule has 0 saturated carbocycles. The topological polar surface area (TPSA) is 59.0 Å². The van der Waals surface area contributed by atoms with Crippen molar-refractivity contribution in [1.29, 1.82) is 0 Å². The molecule has 1 N–H and O–H groups in total. The van der Waals surface area contributed by atoms with E-state index in [1.807, 2.05) is 4.90 Å². The van der Waals surface area contributed by atoms with Gasteiger partial charge < -0.3 is 19.5 Å². The number of carboxylic acid groups (broad SMARTS) is 1. The van der Waals surface area contributed by atoms with E-state index in [2.05, 4.69) is 0 Å². The lowest BCUT2D eigenvalue weighted by Gasteiger charge is -2.22. The zero-order valence-electron chi connectivity index (χ0n) is 9.34. The maximum Gasteiger partial charge on any atom is 0.335 e. The minimum absolute atomic E-state index is 0.263. The molecule has 0 heterocycles. The molecule has 5 heteroatoms. The zero-order valence-corrected chi connectivity index (χ0v) is 9.34. The van der Waals surface area contributed by atoms with Gasteiger partial charge in [0.15, 0.2) is 0 Å². The molecule has 0 unspecified atom stereocenters. The predicted molar refractivity (Wildman–Crippen MR) is 59.6 cm³/mol. The second kappa shape index (κ2) is 6.09. The lowest BCUT2D eigenvalue weighted by Crippen LogP contribution is -2.27. The van der Waals surface area contributed by atoms with E-state index in [0.717, 1.165) is 5.69 Å². The summed E-state index contributed by atoms with van der Waals surface area (Å²) in [6.07, 6.45) is 0. The van der Waals surface area contributed by atoms with E-state index >= 15 is 0 Å². The smallest absolute Gasteiger partial charge is 0.335 e. The minimum atomic E-state index is -0.934. The highest BCUT2D eigenvalue weighted by Gasteiger charge is 2.07. The number of carboxylic acids is 1. The van der Waals surface area contributed by atoms with Crippen LogP contribution in [0.1, 0.15) is 10.4 Å². The first-order chi connectivity index (χ1) is 7.69. The van der Waals surface area contributed by atoms with Gasteiger partial charge in [-0.05, 0) is 24.3 Å². The number of benzene rings is 1. The number of ether oxygens (including phenoxy) is 2. The number of methoxy groups -OCH3 is 2. The Kier molecular flexibility index (Phi) is 4.75. The van der Waals surface area contributed by atoms with Gasteiger partial charge in [0.25, 0.3) is 0 Å². The Morgan fingerprint density at radius 1 is 1.19 bits per heavy atom. The predicted octanol–water partition coefficient (Wildman–Crippen LogP) is 1.40. The van der Waals surface area contributed by atoms with Crippen molar-refractivity contribution in [2.24, 2.45) is 0 Å². The molecule has 0 amide bonds. The number of aromatic carboxylic acids is 1. The van der Waals surface area contributed by atoms with E-state index in [-0.39, 0.29) is 5.56 Å². The molecule has 1 rings (SSSR count). The molecule has 1 aromatic carbocycles. The molecule has 16 heavy (non-hydrogen) atoms. The summed E-state index contributed by atoms with van der Waals surface area (Å²) in [6, 6.07) is 6.55. The Labute approximate surface area is 94.2 Å². The van der Waals surface area contributed by atoms with Gasteiger partial charge in [-0.1, -0.05) is 0 Å². The monoisotopic (exact) mass is 225 g/mol. The molecule has 0 radical (unpaired) electrons. The second-order valence-electron chi connectivity index (χ2n) is 3.23. The molecular formula is C11H15NO4. The lowest BCUT2D eigenvalue weighted by atomic mass is 10.2. The summed E-state index contributed by atoms with van der Waals surface area (Å²) in [4.78, 5) is 12.5. The zero-order chi connectivity index (χ0) is 12.0. The summed E-state index contributed by atoms with van der Waals surface area (Å²) < 4.78 is 10.0. The van der Waals surface area contributed by atoms with Crippen molar-refractivity contribution in [2.45, 2.75) is 0 Å². The number of rotatable bonds is 6. The van der Waals surface area contributed by atoms with Crippen LogP contribution in [0.15, 0.2) is 24.3 Å². The second-order valence-corrected chi connectivity index (χ2v) is 3.23. The van der Waals surface area contributed by atoms with Crippen molar-refractivity contribution in [1.82, 2.24) is 0 Å². The molecule has 5 nitrogen and oxygen atoms in total. The summed E-state index contributed by atoms with van der Waals surface area (Å²) in [5.41, 5.74) is 1.12. The van der Waals surface area contributed by atoms with Crippen LogP contribution in [0.5, 0.6) is 0 Å². The summed E-state index contributed by atoms with van der Waals surface area (Å²) in [5.74, 6) is -0.934. The Bertz CT molecular complexity index is 330. The van der Waals surface area contributed by atoms with Crippen LogP contribution in [-0.4, -0.2) is 38.8 Å². The van der Waals surface area contributed by atoms with E-state index in [4.69, 9.17) is 14.6 Å². The van der Waals surface area contributed by atoms with Gasteiger partial charge in [0.2, 0.25) is 0 Å². The molecule has 88 valence electrons. The van der Waals surface area contributed by atoms with Crippen LogP contribution in [0.2, 0.25) is 0 Å². The van der Waals surface area contributed by atoms with Crippen LogP contribution in [0.4, 0.5) is 5.69 Å². The van der Waals surface area contributed by atoms with E-state index in [0.29, 0.717) is 13.5 Å². The number of hydrogen-bond donors (Lipinski definition) is 1. The maximum atomic E-state index is 10.7. The molecule has 0 bridgehead atoms. The quantitative estimate of drug-likeness (QED) is 0.741. The van der Waals surface area contributed by atoms with E-state index in [1.54, 1.807) is 38.5 Å². The molecule has 0 aliphatic carbocycles. The van der Waals surface area contributed by atoms with Crippen molar-refractivity contribution >= 4 is 11.7 Å². The number of nitrogens with zero attached hydrogens (tertiary/aromatic N) is 1. The summed E-state index contributed by atoms with van der Waals surface area (Å²) in [5, 5.41) is 8.76. The Morgan fingerprint density at radius 2 is 1.69 bits per heavy atom. The first-order valence-corrected chi connectivity index (χ1v) is 4.75. The molecule has 0 atom stereocenters. The molecule has 0 aromatic heterocycles. The molecule has 0 spiro atoms. The van der Waals surface area contributed by atoms with Crippen LogP contribution >= 0.6 is 0 Å². The summed E-state index contributed by atoms with van der Waals surface area (Å²) >= 11 is 0. The standard InChI is InChI=1S/C11H15NO4/c1-15-7-12(8-16-2)10-5-3-9(4-6-10)11(13)14/h3-6H,7-8H2,1-2H3,(H,13,14). The molecule has 1 aromatic rings. The average Bonchev–Trinajstić information content (AvgIpc) is 2.29. The van der Waals surface area contributed by atoms with Gasteiger partial charge in [0, 0.05) is 19.9 Å². The van der Waals surface area contributed by atoms with Gasteiger partial charge in [-0.2, -0.15) is 0 Å². The van der Waals surface area contributed by atoms with Crippen LogP contribution in [-0.2, 0) is 9.47 Å². The van der Waals surface area contributed by atoms with Gasteiger partial charge in [-0.15, -0.1) is 0 Å². The third kappa shape index (κ3) is 3.22. The van der Waals surface area contributed by atoms with Crippen molar-refractivity contribution < 1.29 is 19.4 Å². The number of carbonyl (C=O) groups is 1. The first-order valence-electron chi connectivity index (χ1n) is 4.75. The largest absolute Gasteiger partial charge is 0.478 e. The van der Waals surface area contributed by atoms with E-state index < -0.39 is 5.97 Å². The summed E-state index contributed by atoms with van der Waals surface area (Å²) in [6.45, 7) is 0.778. The Morgan fingerprint density at radius 3 is 2.06 bits per heavy atom. The Hall–Kier alpha value is -1.59. The lowest BCUT2D eigenvalue weighted by molar-refractivity contribution is 0.0697. The van der Waals surface area contributed by atoms with Gasteiger partial charge in [0.05, 0.1) is 5.56 Å². The van der Waals surface area contributed by atoms with Gasteiger partial charge in [0.1, 0.15) is 13.5 Å². The fourth-order valence-electron chi connectivity index (χ4n) is 1.31. The van der Waals surface area contributed by atoms with Crippen LogP contribution < -0.4 is 4.90 Å². The van der Waals surface area contributed by atoms with Crippen LogP contribution in [0.3, 0.4) is 0 Å². The molecule has 0 fully saturated rings. The third-order valence-electron chi connectivity index (χ3n) is 2.05. The molecular weight excluding hydrogens is 210 g/mol. The first kappa shape index (κ1) is 12.5. The van der Waals surface area contributed by atoms with E-state index in [9.17, 15) is 4.79 Å².